The molecule has 3 aromatic heterocycles. The van der Waals surface area contributed by atoms with Crippen LogP contribution >= 0.6 is 0 Å². The molecule has 41 heavy (non-hydrogen) atoms. The number of aromatic nitrogens is 4. The Balaban J connectivity index is 1.29. The number of anilines is 1. The topological polar surface area (TPSA) is 95.9 Å². The minimum atomic E-state index is -0.396. The van der Waals surface area contributed by atoms with Crippen molar-refractivity contribution in [1.29, 1.82) is 0 Å². The largest absolute Gasteiger partial charge is 0.350 e. The summed E-state index contributed by atoms with van der Waals surface area (Å²) in [4.78, 5) is 40.0. The average Bonchev–Trinajstić information content (AvgIpc) is 3.51. The minimum Gasteiger partial charge on any atom is -0.350 e. The van der Waals surface area contributed by atoms with Crippen molar-refractivity contribution >= 4 is 39.4 Å². The van der Waals surface area contributed by atoms with Gasteiger partial charge in [-0.1, -0.05) is 36.4 Å². The number of aryl methyl sites for hydroxylation is 1. The van der Waals surface area contributed by atoms with E-state index in [1.54, 1.807) is 38.6 Å². The van der Waals surface area contributed by atoms with Crippen molar-refractivity contribution in [2.24, 2.45) is 0 Å². The highest BCUT2D eigenvalue weighted by Gasteiger charge is 2.25. The van der Waals surface area contributed by atoms with Gasteiger partial charge in [-0.25, -0.2) is 9.37 Å². The molecule has 0 spiro atoms. The summed E-state index contributed by atoms with van der Waals surface area (Å²) in [6, 6.07) is 21.3. The number of rotatable bonds is 6. The maximum Gasteiger partial charge on any atom is 0.270 e. The van der Waals surface area contributed by atoms with E-state index in [1.807, 2.05) is 55.5 Å². The second kappa shape index (κ2) is 10.3. The molecule has 6 rings (SSSR count). The van der Waals surface area contributed by atoms with E-state index in [9.17, 15) is 14.0 Å². The number of carbonyl (C=O) groups excluding carboxylic acids is 2. The van der Waals surface area contributed by atoms with Gasteiger partial charge in [-0.15, -0.1) is 0 Å². The van der Waals surface area contributed by atoms with Gasteiger partial charge in [-0.05, 0) is 60.0 Å². The number of imidazole rings is 1. The third kappa shape index (κ3) is 4.93. The van der Waals surface area contributed by atoms with Crippen molar-refractivity contribution in [2.75, 3.05) is 19.4 Å². The second-order valence-corrected chi connectivity index (χ2v) is 10.1. The fourth-order valence-electron chi connectivity index (χ4n) is 5.01. The van der Waals surface area contributed by atoms with Crippen LogP contribution in [0.4, 0.5) is 10.1 Å². The quantitative estimate of drug-likeness (QED) is 0.267. The van der Waals surface area contributed by atoms with E-state index in [0.29, 0.717) is 23.1 Å². The first-order valence-corrected chi connectivity index (χ1v) is 13.1. The lowest BCUT2D eigenvalue weighted by Gasteiger charge is -2.12. The predicted molar refractivity (Wildman–Crippen MR) is 157 cm³/mol. The molecule has 3 aromatic carbocycles. The summed E-state index contributed by atoms with van der Waals surface area (Å²) < 4.78 is 15.5. The molecule has 0 saturated heterocycles. The molecule has 0 saturated carbocycles. The molecule has 3 heterocycles. The summed E-state index contributed by atoms with van der Waals surface area (Å²) in [5, 5.41) is 3.57. The first kappa shape index (κ1) is 25.9. The lowest BCUT2D eigenvalue weighted by molar-refractivity contribution is 0.0817. The van der Waals surface area contributed by atoms with Crippen LogP contribution < -0.4 is 5.32 Å². The lowest BCUT2D eigenvalue weighted by Crippen LogP contribution is -2.25. The number of hydrogen-bond acceptors (Lipinski definition) is 4. The van der Waals surface area contributed by atoms with Gasteiger partial charge in [-0.3, -0.25) is 14.6 Å². The number of halogens is 1. The molecule has 0 aliphatic carbocycles. The molecule has 9 heteroatoms. The minimum absolute atomic E-state index is 0.201. The van der Waals surface area contributed by atoms with Crippen LogP contribution in [-0.2, 0) is 6.54 Å². The SMILES string of the molecule is Cc1nc2cnccc2n1Cc1ccc(NC(=O)c2c(C(=O)N(C)C)[nH]c3cc(-c4ccc(F)cc4)ccc23)cc1. The molecule has 0 unspecified atom stereocenters. The summed E-state index contributed by atoms with van der Waals surface area (Å²) in [5.74, 6) is -0.135. The van der Waals surface area contributed by atoms with Crippen molar-refractivity contribution < 1.29 is 14.0 Å². The van der Waals surface area contributed by atoms with Crippen LogP contribution in [0.1, 0.15) is 32.2 Å². The van der Waals surface area contributed by atoms with Gasteiger partial charge < -0.3 is 19.8 Å². The maximum absolute atomic E-state index is 13.6. The Kier molecular flexibility index (Phi) is 6.55. The smallest absolute Gasteiger partial charge is 0.270 e. The van der Waals surface area contributed by atoms with Crippen molar-refractivity contribution in [3.8, 4) is 11.1 Å². The highest BCUT2D eigenvalue weighted by Crippen LogP contribution is 2.30. The number of pyridine rings is 1. The van der Waals surface area contributed by atoms with E-state index in [2.05, 4.69) is 24.8 Å². The Bertz CT molecular complexity index is 1920. The van der Waals surface area contributed by atoms with E-state index in [1.165, 1.54) is 17.0 Å². The van der Waals surface area contributed by atoms with E-state index < -0.39 is 5.91 Å². The van der Waals surface area contributed by atoms with Gasteiger partial charge in [0.25, 0.3) is 11.8 Å². The molecular weight excluding hydrogens is 519 g/mol. The predicted octanol–water partition coefficient (Wildman–Crippen LogP) is 6.03. The van der Waals surface area contributed by atoms with Gasteiger partial charge in [0.2, 0.25) is 0 Å². The van der Waals surface area contributed by atoms with E-state index in [0.717, 1.165) is 33.5 Å². The van der Waals surface area contributed by atoms with Crippen LogP contribution in [0.3, 0.4) is 0 Å². The molecular formula is C32H27FN6O2. The van der Waals surface area contributed by atoms with E-state index in [-0.39, 0.29) is 23.0 Å². The molecule has 0 aliphatic heterocycles. The molecule has 0 aliphatic rings. The van der Waals surface area contributed by atoms with Gasteiger partial charge in [-0.2, -0.15) is 0 Å². The Hall–Kier alpha value is -5.31. The molecule has 8 nitrogen and oxygen atoms in total. The Morgan fingerprint density at radius 2 is 1.71 bits per heavy atom. The van der Waals surface area contributed by atoms with Gasteiger partial charge in [0.15, 0.2) is 0 Å². The zero-order chi connectivity index (χ0) is 28.7. The molecule has 0 atom stereocenters. The summed E-state index contributed by atoms with van der Waals surface area (Å²) in [6.07, 6.45) is 3.50. The van der Waals surface area contributed by atoms with Gasteiger partial charge in [0, 0.05) is 43.4 Å². The van der Waals surface area contributed by atoms with E-state index >= 15 is 0 Å². The number of nitrogens with one attached hydrogen (secondary N) is 2. The third-order valence-electron chi connectivity index (χ3n) is 7.12. The standard InChI is InChI=1S/C32H27FN6O2/c1-19-35-27-17-34-15-14-28(27)39(19)18-20-4-11-24(12-5-20)36-31(40)29-25-13-8-22(21-6-9-23(33)10-7-21)16-26(25)37-30(29)32(41)38(2)3/h4-17,37H,18H2,1-3H3,(H,36,40). The summed E-state index contributed by atoms with van der Waals surface area (Å²) in [6.45, 7) is 2.59. The van der Waals surface area contributed by atoms with Crippen molar-refractivity contribution in [3.05, 3.63) is 114 Å². The molecule has 204 valence electrons. The Morgan fingerprint density at radius 1 is 0.976 bits per heavy atom. The van der Waals surface area contributed by atoms with Crippen LogP contribution in [0.5, 0.6) is 0 Å². The number of aromatic amines is 1. The number of hydrogen-bond donors (Lipinski definition) is 2. The normalized spacial score (nSPS) is 11.2. The Morgan fingerprint density at radius 3 is 2.44 bits per heavy atom. The molecule has 0 fully saturated rings. The highest BCUT2D eigenvalue weighted by molar-refractivity contribution is 6.19. The van der Waals surface area contributed by atoms with Crippen LogP contribution in [0.2, 0.25) is 0 Å². The van der Waals surface area contributed by atoms with Crippen LogP contribution in [0.15, 0.2) is 85.2 Å². The van der Waals surface area contributed by atoms with Crippen molar-refractivity contribution in [1.82, 2.24) is 24.4 Å². The second-order valence-electron chi connectivity index (χ2n) is 10.1. The highest BCUT2D eigenvalue weighted by atomic mass is 19.1. The van der Waals surface area contributed by atoms with Gasteiger partial charge in [0.1, 0.15) is 22.9 Å². The number of amides is 2. The lowest BCUT2D eigenvalue weighted by atomic mass is 10.0. The number of benzene rings is 3. The first-order valence-electron chi connectivity index (χ1n) is 13.1. The zero-order valence-electron chi connectivity index (χ0n) is 22.8. The molecule has 0 radical (unpaired) electrons. The number of nitrogens with zero attached hydrogens (tertiary/aromatic N) is 4. The van der Waals surface area contributed by atoms with Crippen LogP contribution in [0.25, 0.3) is 33.1 Å². The molecule has 2 N–H and O–H groups in total. The van der Waals surface area contributed by atoms with Crippen LogP contribution in [0, 0.1) is 12.7 Å². The average molecular weight is 547 g/mol. The Labute approximate surface area is 235 Å². The summed E-state index contributed by atoms with van der Waals surface area (Å²) in [5.41, 5.74) is 6.27. The van der Waals surface area contributed by atoms with E-state index in [4.69, 9.17) is 0 Å². The van der Waals surface area contributed by atoms with Crippen molar-refractivity contribution in [2.45, 2.75) is 13.5 Å². The van der Waals surface area contributed by atoms with Gasteiger partial charge >= 0.3 is 0 Å². The summed E-state index contributed by atoms with van der Waals surface area (Å²) in [7, 11) is 3.28. The third-order valence-corrected chi connectivity index (χ3v) is 7.12. The number of fused-ring (bicyclic) bond motifs is 2. The number of H-pyrrole nitrogens is 1. The van der Waals surface area contributed by atoms with Crippen molar-refractivity contribution in [3.63, 3.8) is 0 Å². The first-order chi connectivity index (χ1) is 19.8. The molecule has 6 aromatic rings. The molecule has 0 bridgehead atoms. The monoisotopic (exact) mass is 546 g/mol. The fraction of sp³-hybridized carbons (Fsp3) is 0.125. The van der Waals surface area contributed by atoms with Crippen LogP contribution in [-0.4, -0.2) is 50.3 Å². The summed E-state index contributed by atoms with van der Waals surface area (Å²) >= 11 is 0. The fourth-order valence-corrected chi connectivity index (χ4v) is 5.01. The zero-order valence-corrected chi connectivity index (χ0v) is 22.8. The van der Waals surface area contributed by atoms with Gasteiger partial charge in [0.05, 0.1) is 17.3 Å². The number of carbonyl (C=O) groups is 2. The molecule has 2 amide bonds. The maximum atomic E-state index is 13.6.